The van der Waals surface area contributed by atoms with Crippen LogP contribution in [0.3, 0.4) is 0 Å². The molecule has 5 heteroatoms. The monoisotopic (exact) mass is 251 g/mol. The van der Waals surface area contributed by atoms with Crippen LogP contribution in [0.25, 0.3) is 0 Å². The third kappa shape index (κ3) is 4.48. The SMILES string of the molecule is C=C(/C=C\C(=C)S(N)(=O)=O)CBr. The van der Waals surface area contributed by atoms with E-state index in [9.17, 15) is 8.42 Å². The summed E-state index contributed by atoms with van der Waals surface area (Å²) >= 11 is 3.15. The van der Waals surface area contributed by atoms with Crippen molar-refractivity contribution in [2.45, 2.75) is 0 Å². The minimum atomic E-state index is -3.64. The molecule has 2 N–H and O–H groups in total. The zero-order chi connectivity index (χ0) is 9.78. The first-order valence-corrected chi connectivity index (χ1v) is 5.68. The first kappa shape index (κ1) is 11.6. The summed E-state index contributed by atoms with van der Waals surface area (Å²) in [5.41, 5.74) is 0.750. The zero-order valence-corrected chi connectivity index (χ0v) is 8.86. The minimum absolute atomic E-state index is 0.121. The van der Waals surface area contributed by atoms with Crippen LogP contribution in [-0.4, -0.2) is 13.7 Å². The molecule has 0 unspecified atom stereocenters. The average Bonchev–Trinajstić information content (AvgIpc) is 1.97. The lowest BCUT2D eigenvalue weighted by atomic mass is 10.3. The summed E-state index contributed by atoms with van der Waals surface area (Å²) in [6.45, 7) is 6.89. The second kappa shape index (κ2) is 4.59. The van der Waals surface area contributed by atoms with Gasteiger partial charge in [0, 0.05) is 5.33 Å². The van der Waals surface area contributed by atoms with Crippen LogP contribution in [0.15, 0.2) is 35.8 Å². The normalized spacial score (nSPS) is 11.8. The van der Waals surface area contributed by atoms with E-state index in [0.29, 0.717) is 5.33 Å². The molecule has 0 aliphatic heterocycles. The van der Waals surface area contributed by atoms with Gasteiger partial charge in [0.25, 0.3) is 0 Å². The van der Waals surface area contributed by atoms with Gasteiger partial charge < -0.3 is 0 Å². The number of primary sulfonamides is 1. The summed E-state index contributed by atoms with van der Waals surface area (Å²) in [4.78, 5) is -0.121. The lowest BCUT2D eigenvalue weighted by molar-refractivity contribution is 0.604. The van der Waals surface area contributed by atoms with Crippen molar-refractivity contribution in [1.29, 1.82) is 0 Å². The van der Waals surface area contributed by atoms with Crippen LogP contribution in [0.5, 0.6) is 0 Å². The molecule has 68 valence electrons. The fourth-order valence-electron chi connectivity index (χ4n) is 0.350. The molecule has 0 heterocycles. The summed E-state index contributed by atoms with van der Waals surface area (Å²) in [7, 11) is -3.64. The van der Waals surface area contributed by atoms with E-state index < -0.39 is 10.0 Å². The molecule has 0 rings (SSSR count). The van der Waals surface area contributed by atoms with Crippen molar-refractivity contribution >= 4 is 26.0 Å². The van der Waals surface area contributed by atoms with Crippen LogP contribution in [0, 0.1) is 0 Å². The number of alkyl halides is 1. The van der Waals surface area contributed by atoms with Crippen molar-refractivity contribution in [1.82, 2.24) is 0 Å². The molecular formula is C7H10BrNO2S. The Hall–Kier alpha value is -0.390. The topological polar surface area (TPSA) is 60.2 Å². The highest BCUT2D eigenvalue weighted by atomic mass is 79.9. The molecule has 0 aliphatic carbocycles. The number of halogens is 1. The number of nitrogens with two attached hydrogens (primary N) is 1. The van der Waals surface area contributed by atoms with E-state index in [4.69, 9.17) is 5.14 Å². The van der Waals surface area contributed by atoms with Gasteiger partial charge in [0.05, 0.1) is 4.91 Å². The van der Waals surface area contributed by atoms with Crippen LogP contribution in [0.1, 0.15) is 0 Å². The van der Waals surface area contributed by atoms with Gasteiger partial charge in [-0.1, -0.05) is 35.2 Å². The van der Waals surface area contributed by atoms with Crippen molar-refractivity contribution < 1.29 is 8.42 Å². The second-order valence-corrected chi connectivity index (χ2v) is 4.31. The standard InChI is InChI=1S/C7H10BrNO2S/c1-6(5-8)3-4-7(2)12(9,10)11/h3-4H,1-2,5H2,(H2,9,10,11)/b4-3-. The number of rotatable bonds is 4. The van der Waals surface area contributed by atoms with Crippen molar-refractivity contribution in [2.75, 3.05) is 5.33 Å². The van der Waals surface area contributed by atoms with Gasteiger partial charge in [0.2, 0.25) is 10.0 Å². The van der Waals surface area contributed by atoms with Crippen LogP contribution >= 0.6 is 15.9 Å². The highest BCUT2D eigenvalue weighted by Gasteiger charge is 2.03. The Labute approximate surface area is 80.8 Å². The highest BCUT2D eigenvalue weighted by molar-refractivity contribution is 9.09. The highest BCUT2D eigenvalue weighted by Crippen LogP contribution is 2.04. The van der Waals surface area contributed by atoms with Gasteiger partial charge in [0.1, 0.15) is 0 Å². The molecule has 12 heavy (non-hydrogen) atoms. The molecule has 0 bridgehead atoms. The van der Waals surface area contributed by atoms with Crippen molar-refractivity contribution in [3.63, 3.8) is 0 Å². The molecule has 0 radical (unpaired) electrons. The maximum Gasteiger partial charge on any atom is 0.237 e. The molecular weight excluding hydrogens is 242 g/mol. The van der Waals surface area contributed by atoms with Gasteiger partial charge in [-0.3, -0.25) is 0 Å². The third-order valence-electron chi connectivity index (χ3n) is 1.04. The summed E-state index contributed by atoms with van der Waals surface area (Å²) in [5.74, 6) is 0. The molecule has 0 fully saturated rings. The Morgan fingerprint density at radius 1 is 1.42 bits per heavy atom. The van der Waals surface area contributed by atoms with E-state index in [0.717, 1.165) is 5.57 Å². The van der Waals surface area contributed by atoms with Gasteiger partial charge in [-0.2, -0.15) is 0 Å². The van der Waals surface area contributed by atoms with Gasteiger partial charge in [0.15, 0.2) is 0 Å². The molecule has 0 saturated carbocycles. The number of hydrogen-bond acceptors (Lipinski definition) is 2. The lowest BCUT2D eigenvalue weighted by Gasteiger charge is -1.94. The Morgan fingerprint density at radius 2 is 1.92 bits per heavy atom. The number of hydrogen-bond donors (Lipinski definition) is 1. The molecule has 0 atom stereocenters. The second-order valence-electron chi connectivity index (χ2n) is 2.14. The third-order valence-corrected chi connectivity index (χ3v) is 2.63. The van der Waals surface area contributed by atoms with E-state index in [1.165, 1.54) is 6.08 Å². The summed E-state index contributed by atoms with van der Waals surface area (Å²) in [6, 6.07) is 0. The van der Waals surface area contributed by atoms with E-state index in [2.05, 4.69) is 29.1 Å². The Bertz CT molecular complexity index is 316. The fourth-order valence-corrected chi connectivity index (χ4v) is 0.795. The number of allylic oxidation sites excluding steroid dienone is 3. The van der Waals surface area contributed by atoms with Gasteiger partial charge in [-0.05, 0) is 11.6 Å². The molecule has 0 saturated heterocycles. The van der Waals surface area contributed by atoms with E-state index in [1.54, 1.807) is 6.08 Å². The summed E-state index contributed by atoms with van der Waals surface area (Å²) < 4.78 is 21.2. The van der Waals surface area contributed by atoms with Gasteiger partial charge in [-0.25, -0.2) is 13.6 Å². The minimum Gasteiger partial charge on any atom is -0.225 e. The molecule has 0 aromatic heterocycles. The van der Waals surface area contributed by atoms with E-state index in [-0.39, 0.29) is 4.91 Å². The van der Waals surface area contributed by atoms with Crippen LogP contribution < -0.4 is 5.14 Å². The quantitative estimate of drug-likeness (QED) is 0.605. The van der Waals surface area contributed by atoms with Gasteiger partial charge >= 0.3 is 0 Å². The molecule has 0 aromatic rings. The van der Waals surface area contributed by atoms with E-state index >= 15 is 0 Å². The summed E-state index contributed by atoms with van der Waals surface area (Å²) in [5, 5.41) is 5.37. The maximum absolute atomic E-state index is 10.6. The maximum atomic E-state index is 10.6. The first-order valence-electron chi connectivity index (χ1n) is 3.01. The molecule has 0 spiro atoms. The number of sulfonamides is 1. The summed E-state index contributed by atoms with van der Waals surface area (Å²) in [6.07, 6.45) is 2.86. The molecule has 0 aromatic carbocycles. The van der Waals surface area contributed by atoms with Gasteiger partial charge in [-0.15, -0.1) is 0 Å². The predicted molar refractivity (Wildman–Crippen MR) is 54.3 cm³/mol. The lowest BCUT2D eigenvalue weighted by Crippen LogP contribution is -2.12. The zero-order valence-electron chi connectivity index (χ0n) is 6.46. The Morgan fingerprint density at radius 3 is 2.25 bits per heavy atom. The van der Waals surface area contributed by atoms with E-state index in [1.807, 2.05) is 0 Å². The largest absolute Gasteiger partial charge is 0.237 e. The average molecular weight is 252 g/mol. The van der Waals surface area contributed by atoms with Crippen LogP contribution in [0.2, 0.25) is 0 Å². The molecule has 3 nitrogen and oxygen atoms in total. The first-order chi connectivity index (χ1) is 5.38. The van der Waals surface area contributed by atoms with Crippen molar-refractivity contribution in [3.8, 4) is 0 Å². The molecule has 0 amide bonds. The predicted octanol–water partition coefficient (Wildman–Crippen LogP) is 1.30. The molecule has 0 aliphatic rings. The fraction of sp³-hybridized carbons (Fsp3) is 0.143. The van der Waals surface area contributed by atoms with Crippen molar-refractivity contribution in [2.24, 2.45) is 5.14 Å². The smallest absolute Gasteiger partial charge is 0.225 e. The Balaban J connectivity index is 4.40. The van der Waals surface area contributed by atoms with Crippen LogP contribution in [-0.2, 0) is 10.0 Å². The van der Waals surface area contributed by atoms with Crippen LogP contribution in [0.4, 0.5) is 0 Å². The Kier molecular flexibility index (Phi) is 4.44. The van der Waals surface area contributed by atoms with Crippen molar-refractivity contribution in [3.05, 3.63) is 35.8 Å².